The van der Waals surface area contributed by atoms with Crippen LogP contribution in [0.3, 0.4) is 0 Å². The fourth-order valence-electron chi connectivity index (χ4n) is 4.15. The van der Waals surface area contributed by atoms with Gasteiger partial charge in [0.25, 0.3) is 0 Å². The van der Waals surface area contributed by atoms with Crippen molar-refractivity contribution in [3.63, 3.8) is 0 Å². The van der Waals surface area contributed by atoms with E-state index in [4.69, 9.17) is 21.7 Å². The van der Waals surface area contributed by atoms with Crippen molar-refractivity contribution in [2.24, 2.45) is 0 Å². The second kappa shape index (κ2) is 8.92. The van der Waals surface area contributed by atoms with Gasteiger partial charge in [0.1, 0.15) is 0 Å². The van der Waals surface area contributed by atoms with Crippen LogP contribution in [0.15, 0.2) is 42.7 Å². The number of esters is 1. The molecule has 0 bridgehead atoms. The predicted octanol–water partition coefficient (Wildman–Crippen LogP) is 2.60. The Hall–Kier alpha value is -2.45. The lowest BCUT2D eigenvalue weighted by Crippen LogP contribution is -2.33. The van der Waals surface area contributed by atoms with E-state index in [1.807, 2.05) is 18.2 Å². The van der Waals surface area contributed by atoms with E-state index in [2.05, 4.69) is 38.1 Å². The summed E-state index contributed by atoms with van der Waals surface area (Å²) in [5.41, 5.74) is 2.05. The highest BCUT2D eigenvalue weighted by Crippen LogP contribution is 2.39. The fourth-order valence-corrected chi connectivity index (χ4v) is 4.48. The summed E-state index contributed by atoms with van der Waals surface area (Å²) < 4.78 is 12.9. The number of carbonyl (C=O) groups is 1. The molecule has 0 saturated carbocycles. The molecule has 2 fully saturated rings. The van der Waals surface area contributed by atoms with Gasteiger partial charge < -0.3 is 24.3 Å². The zero-order valence-corrected chi connectivity index (χ0v) is 17.3. The third-order valence-corrected chi connectivity index (χ3v) is 5.93. The maximum absolute atomic E-state index is 11.8. The van der Waals surface area contributed by atoms with E-state index in [9.17, 15) is 4.79 Å². The molecule has 1 N–H and O–H groups in total. The highest BCUT2D eigenvalue weighted by Gasteiger charge is 2.41. The summed E-state index contributed by atoms with van der Waals surface area (Å²) >= 11 is 5.64. The van der Waals surface area contributed by atoms with Gasteiger partial charge in [-0.1, -0.05) is 6.07 Å². The molecule has 0 unspecified atom stereocenters. The van der Waals surface area contributed by atoms with Crippen molar-refractivity contribution < 1.29 is 14.3 Å². The molecule has 2 saturated heterocycles. The second-order valence-corrected chi connectivity index (χ2v) is 7.75. The number of nitrogens with zero attached hydrogens (tertiary/aromatic N) is 3. The third kappa shape index (κ3) is 4.28. The van der Waals surface area contributed by atoms with Crippen LogP contribution in [-0.4, -0.2) is 51.9 Å². The first-order chi connectivity index (χ1) is 14.2. The van der Waals surface area contributed by atoms with Crippen molar-refractivity contribution in [1.29, 1.82) is 0 Å². The maximum atomic E-state index is 11.8. The molecule has 0 spiro atoms. The number of thiocarbonyl (C=S) groups is 1. The Bertz CT molecular complexity index is 851. The minimum absolute atomic E-state index is 0.0709. The van der Waals surface area contributed by atoms with Crippen molar-refractivity contribution in [2.45, 2.75) is 44.0 Å². The van der Waals surface area contributed by atoms with Gasteiger partial charge in [0, 0.05) is 37.8 Å². The number of aromatic nitrogens is 2. The Balaban J connectivity index is 1.65. The smallest absolute Gasteiger partial charge is 0.307 e. The minimum atomic E-state index is -0.248. The number of ether oxygens (including phenoxy) is 2. The van der Waals surface area contributed by atoms with Crippen molar-refractivity contribution in [3.05, 3.63) is 54.1 Å². The van der Waals surface area contributed by atoms with Crippen LogP contribution in [0.2, 0.25) is 0 Å². The molecular weight excluding hydrogens is 388 g/mol. The maximum Gasteiger partial charge on any atom is 0.307 e. The van der Waals surface area contributed by atoms with E-state index in [0.717, 1.165) is 37.4 Å². The number of hydrogen-bond acceptors (Lipinski definition) is 5. The van der Waals surface area contributed by atoms with E-state index in [0.29, 0.717) is 11.7 Å². The molecule has 2 aliphatic heterocycles. The van der Waals surface area contributed by atoms with Crippen molar-refractivity contribution >= 4 is 23.3 Å². The number of rotatable bonds is 7. The molecule has 8 heteroatoms. The predicted molar refractivity (Wildman–Crippen MR) is 112 cm³/mol. The number of hydrogen-bond donors (Lipinski definition) is 1. The third-order valence-electron chi connectivity index (χ3n) is 5.57. The van der Waals surface area contributed by atoms with E-state index in [1.54, 1.807) is 6.20 Å². The number of methoxy groups -OCH3 is 1. The molecule has 4 rings (SSSR count). The zero-order chi connectivity index (χ0) is 20.2. The lowest BCUT2D eigenvalue weighted by atomic mass is 10.0. The normalized spacial score (nSPS) is 24.0. The number of pyridine rings is 1. The van der Waals surface area contributed by atoms with Gasteiger partial charge in [-0.15, -0.1) is 0 Å². The molecule has 2 aliphatic rings. The first-order valence-electron chi connectivity index (χ1n) is 9.99. The van der Waals surface area contributed by atoms with Crippen LogP contribution >= 0.6 is 12.2 Å². The van der Waals surface area contributed by atoms with Crippen LogP contribution < -0.4 is 5.32 Å². The second-order valence-electron chi connectivity index (χ2n) is 7.37. The van der Waals surface area contributed by atoms with E-state index in [1.165, 1.54) is 7.11 Å². The van der Waals surface area contributed by atoms with E-state index >= 15 is 0 Å². The lowest BCUT2D eigenvalue weighted by Gasteiger charge is -2.29. The molecule has 2 aromatic heterocycles. The first-order valence-corrected chi connectivity index (χ1v) is 10.4. The van der Waals surface area contributed by atoms with Crippen molar-refractivity contribution in [1.82, 2.24) is 19.8 Å². The molecule has 0 radical (unpaired) electrons. The van der Waals surface area contributed by atoms with Gasteiger partial charge in [-0.25, -0.2) is 0 Å². The van der Waals surface area contributed by atoms with Crippen molar-refractivity contribution in [2.75, 3.05) is 20.3 Å². The minimum Gasteiger partial charge on any atom is -0.469 e. The van der Waals surface area contributed by atoms with Crippen LogP contribution in [0.1, 0.15) is 42.7 Å². The van der Waals surface area contributed by atoms with Gasteiger partial charge in [0.05, 0.1) is 37.4 Å². The van der Waals surface area contributed by atoms with Gasteiger partial charge >= 0.3 is 5.97 Å². The van der Waals surface area contributed by atoms with Crippen LogP contribution in [0.5, 0.6) is 0 Å². The average molecular weight is 415 g/mol. The molecule has 7 nitrogen and oxygen atoms in total. The van der Waals surface area contributed by atoms with Gasteiger partial charge in [-0.2, -0.15) is 0 Å². The summed E-state index contributed by atoms with van der Waals surface area (Å²) in [6.07, 6.45) is 6.58. The monoisotopic (exact) mass is 414 g/mol. The van der Waals surface area contributed by atoms with Gasteiger partial charge in [-0.3, -0.25) is 9.78 Å². The number of nitrogens with one attached hydrogen (secondary N) is 1. The summed E-state index contributed by atoms with van der Waals surface area (Å²) in [6.45, 7) is 2.13. The Morgan fingerprint density at radius 2 is 2.28 bits per heavy atom. The summed E-state index contributed by atoms with van der Waals surface area (Å²) in [6, 6.07) is 9.89. The molecule has 4 heterocycles. The SMILES string of the molecule is COC(=O)CCN1C(=S)N[C@@H](c2ccccn2)[C@H]1c1cccn1C[C@@H]1CCCO1. The Morgan fingerprint density at radius 3 is 3.00 bits per heavy atom. The number of carbonyl (C=O) groups excluding carboxylic acids is 1. The van der Waals surface area contributed by atoms with Gasteiger partial charge in [0.2, 0.25) is 0 Å². The highest BCUT2D eigenvalue weighted by atomic mass is 32.1. The molecular formula is C21H26N4O3S. The summed E-state index contributed by atoms with van der Waals surface area (Å²) in [4.78, 5) is 18.4. The standard InChI is InChI=1S/C21H26N4O3S/c1-27-18(26)9-12-25-20(19(23-21(25)29)16-7-2-3-10-22-16)17-8-4-11-24(17)14-15-6-5-13-28-15/h2-4,7-8,10-11,15,19-20H,5-6,9,12-14H2,1H3,(H,23,29)/t15-,19-,20+/m0/s1. The lowest BCUT2D eigenvalue weighted by molar-refractivity contribution is -0.140. The van der Waals surface area contributed by atoms with Gasteiger partial charge in [0.15, 0.2) is 5.11 Å². The molecule has 0 amide bonds. The quantitative estimate of drug-likeness (QED) is 0.552. The van der Waals surface area contributed by atoms with Gasteiger partial charge in [-0.05, 0) is 49.3 Å². The van der Waals surface area contributed by atoms with Crippen LogP contribution in [0.4, 0.5) is 0 Å². The Labute approximate surface area is 176 Å². The summed E-state index contributed by atoms with van der Waals surface area (Å²) in [7, 11) is 1.41. The summed E-state index contributed by atoms with van der Waals surface area (Å²) in [5.74, 6) is -0.248. The fraction of sp³-hybridized carbons (Fsp3) is 0.476. The molecule has 154 valence electrons. The average Bonchev–Trinajstić information content (AvgIpc) is 3.48. The van der Waals surface area contributed by atoms with Crippen LogP contribution in [-0.2, 0) is 20.8 Å². The van der Waals surface area contributed by atoms with Crippen molar-refractivity contribution in [3.8, 4) is 0 Å². The topological polar surface area (TPSA) is 68.6 Å². The molecule has 0 aliphatic carbocycles. The molecule has 29 heavy (non-hydrogen) atoms. The Morgan fingerprint density at radius 1 is 1.38 bits per heavy atom. The summed E-state index contributed by atoms with van der Waals surface area (Å²) in [5, 5.41) is 4.04. The Kier molecular flexibility index (Phi) is 6.10. The van der Waals surface area contributed by atoms with Crippen LogP contribution in [0, 0.1) is 0 Å². The largest absolute Gasteiger partial charge is 0.469 e. The van der Waals surface area contributed by atoms with Crippen LogP contribution in [0.25, 0.3) is 0 Å². The molecule has 0 aromatic carbocycles. The first kappa shape index (κ1) is 19.8. The molecule has 2 aromatic rings. The zero-order valence-electron chi connectivity index (χ0n) is 16.5. The molecule has 3 atom stereocenters. The van der Waals surface area contributed by atoms with E-state index < -0.39 is 0 Å². The van der Waals surface area contributed by atoms with E-state index in [-0.39, 0.29) is 30.6 Å². The highest BCUT2D eigenvalue weighted by molar-refractivity contribution is 7.80.